The van der Waals surface area contributed by atoms with Crippen LogP contribution in [-0.2, 0) is 6.42 Å². The van der Waals surface area contributed by atoms with E-state index in [9.17, 15) is 0 Å². The van der Waals surface area contributed by atoms with E-state index >= 15 is 0 Å². The van der Waals surface area contributed by atoms with E-state index in [1.165, 1.54) is 24.8 Å². The summed E-state index contributed by atoms with van der Waals surface area (Å²) in [5, 5.41) is 0. The van der Waals surface area contributed by atoms with E-state index in [1.54, 1.807) is 11.1 Å². The third-order valence-corrected chi connectivity index (χ3v) is 3.14. The minimum absolute atomic E-state index is 0.880. The van der Waals surface area contributed by atoms with Gasteiger partial charge < -0.3 is 0 Å². The molecule has 74 valence electrons. The highest BCUT2D eigenvalue weighted by atomic mass is 14.3. The van der Waals surface area contributed by atoms with Crippen LogP contribution in [0.4, 0.5) is 0 Å². The highest BCUT2D eigenvalue weighted by Crippen LogP contribution is 2.40. The molecule has 0 bridgehead atoms. The first-order chi connectivity index (χ1) is 6.77. The molecule has 0 saturated heterocycles. The number of benzene rings is 1. The fourth-order valence-electron chi connectivity index (χ4n) is 2.00. The maximum Gasteiger partial charge on any atom is -0.0191 e. The second-order valence-electron chi connectivity index (χ2n) is 4.40. The van der Waals surface area contributed by atoms with E-state index in [1.807, 2.05) is 0 Å². The van der Waals surface area contributed by atoms with Crippen LogP contribution >= 0.6 is 0 Å². The topological polar surface area (TPSA) is 0 Å². The number of aryl methyl sites for hydroxylation is 1. The summed E-state index contributed by atoms with van der Waals surface area (Å²) in [6, 6.07) is 10.8. The minimum Gasteiger partial charge on any atom is -0.0735 e. The summed E-state index contributed by atoms with van der Waals surface area (Å²) in [6.45, 7) is 4.61. The van der Waals surface area contributed by atoms with E-state index in [0.717, 1.165) is 5.92 Å². The molecule has 1 aliphatic carbocycles. The van der Waals surface area contributed by atoms with Gasteiger partial charge in [0.2, 0.25) is 0 Å². The first kappa shape index (κ1) is 9.51. The minimum atomic E-state index is 0.880. The van der Waals surface area contributed by atoms with Crippen LogP contribution in [-0.4, -0.2) is 0 Å². The quantitative estimate of drug-likeness (QED) is 0.626. The van der Waals surface area contributed by atoms with Gasteiger partial charge in [0.25, 0.3) is 0 Å². The van der Waals surface area contributed by atoms with Crippen LogP contribution in [0, 0.1) is 5.92 Å². The lowest BCUT2D eigenvalue weighted by Gasteiger charge is -2.01. The predicted molar refractivity (Wildman–Crippen MR) is 61.2 cm³/mol. The summed E-state index contributed by atoms with van der Waals surface area (Å²) in [5.41, 5.74) is 4.79. The smallest absolute Gasteiger partial charge is 0.0191 e. The van der Waals surface area contributed by atoms with Gasteiger partial charge in [-0.15, -0.1) is 0 Å². The molecule has 1 saturated carbocycles. The van der Waals surface area contributed by atoms with Gasteiger partial charge in [-0.25, -0.2) is 0 Å². The Bertz CT molecular complexity index is 332. The molecule has 0 amide bonds. The molecule has 1 aromatic rings. The number of hydrogen-bond acceptors (Lipinski definition) is 0. The summed E-state index contributed by atoms with van der Waals surface area (Å²) < 4.78 is 0. The predicted octanol–water partition coefficient (Wildman–Crippen LogP) is 3.98. The maximum absolute atomic E-state index is 2.32. The third-order valence-electron chi connectivity index (χ3n) is 3.14. The third kappa shape index (κ3) is 2.25. The molecule has 2 rings (SSSR count). The highest BCUT2D eigenvalue weighted by molar-refractivity contribution is 5.28. The number of allylic oxidation sites excluding steroid dienone is 2. The molecular formula is C14H18. The van der Waals surface area contributed by atoms with E-state index < -0.39 is 0 Å². The standard InChI is InChI=1S/C14H18/c1-11(14-10-12(14)2)8-9-13-6-4-3-5-7-13/h3-7,12H,8-10H2,1-2H3/b14-11-. The fraction of sp³-hybridized carbons (Fsp3) is 0.429. The summed E-state index contributed by atoms with van der Waals surface area (Å²) in [6.07, 6.45) is 3.78. The Hall–Kier alpha value is -1.04. The molecule has 1 fully saturated rings. The zero-order valence-electron chi connectivity index (χ0n) is 9.09. The molecule has 0 aliphatic heterocycles. The molecular weight excluding hydrogens is 168 g/mol. The van der Waals surface area contributed by atoms with Crippen molar-refractivity contribution in [2.24, 2.45) is 5.92 Å². The van der Waals surface area contributed by atoms with E-state index in [-0.39, 0.29) is 0 Å². The Kier molecular flexibility index (Phi) is 2.72. The molecule has 1 aromatic carbocycles. The van der Waals surface area contributed by atoms with E-state index in [4.69, 9.17) is 0 Å². The molecule has 0 radical (unpaired) electrons. The molecule has 1 aliphatic rings. The number of hydrogen-bond donors (Lipinski definition) is 0. The maximum atomic E-state index is 2.32. The normalized spacial score (nSPS) is 23.4. The Morgan fingerprint density at radius 2 is 1.93 bits per heavy atom. The van der Waals surface area contributed by atoms with Crippen LogP contribution in [0.1, 0.15) is 32.3 Å². The van der Waals surface area contributed by atoms with Crippen LogP contribution in [0.25, 0.3) is 0 Å². The molecule has 0 aromatic heterocycles. The molecule has 0 heterocycles. The van der Waals surface area contributed by atoms with E-state index in [0.29, 0.717) is 0 Å². The summed E-state index contributed by atoms with van der Waals surface area (Å²) in [5.74, 6) is 0.880. The molecule has 0 N–H and O–H groups in total. The zero-order chi connectivity index (χ0) is 9.97. The van der Waals surface area contributed by atoms with Crippen molar-refractivity contribution in [2.75, 3.05) is 0 Å². The summed E-state index contributed by atoms with van der Waals surface area (Å²) in [4.78, 5) is 0. The summed E-state index contributed by atoms with van der Waals surface area (Å²) in [7, 11) is 0. The Morgan fingerprint density at radius 3 is 2.50 bits per heavy atom. The van der Waals surface area contributed by atoms with Gasteiger partial charge >= 0.3 is 0 Å². The van der Waals surface area contributed by atoms with E-state index in [2.05, 4.69) is 44.2 Å². The molecule has 0 heteroatoms. The van der Waals surface area contributed by atoms with Crippen LogP contribution in [0.2, 0.25) is 0 Å². The number of rotatable bonds is 3. The molecule has 1 atom stereocenters. The van der Waals surface area contributed by atoms with Crippen molar-refractivity contribution in [3.8, 4) is 0 Å². The van der Waals surface area contributed by atoms with Gasteiger partial charge in [0.05, 0.1) is 0 Å². The van der Waals surface area contributed by atoms with Crippen molar-refractivity contribution >= 4 is 0 Å². The molecule has 14 heavy (non-hydrogen) atoms. The second-order valence-corrected chi connectivity index (χ2v) is 4.40. The van der Waals surface area contributed by atoms with Gasteiger partial charge in [0.1, 0.15) is 0 Å². The lowest BCUT2D eigenvalue weighted by molar-refractivity contribution is 0.925. The van der Waals surface area contributed by atoms with Gasteiger partial charge in [-0.1, -0.05) is 48.4 Å². The monoisotopic (exact) mass is 186 g/mol. The lowest BCUT2D eigenvalue weighted by atomic mass is 10.0. The second kappa shape index (κ2) is 4.00. The van der Waals surface area contributed by atoms with Crippen LogP contribution in [0.5, 0.6) is 0 Å². The first-order valence-corrected chi connectivity index (χ1v) is 5.50. The zero-order valence-corrected chi connectivity index (χ0v) is 9.09. The van der Waals surface area contributed by atoms with Gasteiger partial charge in [0.15, 0.2) is 0 Å². The van der Waals surface area contributed by atoms with Crippen LogP contribution in [0.15, 0.2) is 41.5 Å². The SMILES string of the molecule is C/C(CCc1ccccc1)=C1\CC1C. The van der Waals surface area contributed by atoms with Crippen molar-refractivity contribution in [3.63, 3.8) is 0 Å². The largest absolute Gasteiger partial charge is 0.0735 e. The van der Waals surface area contributed by atoms with Crippen LogP contribution < -0.4 is 0 Å². The molecule has 0 spiro atoms. The van der Waals surface area contributed by atoms with Gasteiger partial charge in [-0.2, -0.15) is 0 Å². The van der Waals surface area contributed by atoms with Crippen molar-refractivity contribution in [1.82, 2.24) is 0 Å². The van der Waals surface area contributed by atoms with Crippen molar-refractivity contribution < 1.29 is 0 Å². The average molecular weight is 186 g/mol. The Labute approximate surface area is 86.7 Å². The average Bonchev–Trinajstić information content (AvgIpc) is 2.94. The van der Waals surface area contributed by atoms with Gasteiger partial charge in [0, 0.05) is 0 Å². The molecule has 0 nitrogen and oxygen atoms in total. The van der Waals surface area contributed by atoms with Crippen molar-refractivity contribution in [2.45, 2.75) is 33.1 Å². The highest BCUT2D eigenvalue weighted by Gasteiger charge is 2.25. The van der Waals surface area contributed by atoms with Crippen LogP contribution in [0.3, 0.4) is 0 Å². The van der Waals surface area contributed by atoms with Gasteiger partial charge in [-0.05, 0) is 37.7 Å². The van der Waals surface area contributed by atoms with Crippen molar-refractivity contribution in [1.29, 1.82) is 0 Å². The molecule has 1 unspecified atom stereocenters. The summed E-state index contributed by atoms with van der Waals surface area (Å²) >= 11 is 0. The van der Waals surface area contributed by atoms with Gasteiger partial charge in [-0.3, -0.25) is 0 Å². The Morgan fingerprint density at radius 1 is 1.29 bits per heavy atom. The lowest BCUT2D eigenvalue weighted by Crippen LogP contribution is -1.86. The fourth-order valence-corrected chi connectivity index (χ4v) is 2.00. The van der Waals surface area contributed by atoms with Crippen molar-refractivity contribution in [3.05, 3.63) is 47.0 Å². The first-order valence-electron chi connectivity index (χ1n) is 5.50. The Balaban J connectivity index is 1.90.